The van der Waals surface area contributed by atoms with E-state index in [2.05, 4.69) is 31.8 Å². The number of rotatable bonds is 3. The van der Waals surface area contributed by atoms with Crippen molar-refractivity contribution in [2.24, 2.45) is 0 Å². The van der Waals surface area contributed by atoms with Crippen molar-refractivity contribution >= 4 is 0 Å². The summed E-state index contributed by atoms with van der Waals surface area (Å²) in [4.78, 5) is 4.21. The second kappa shape index (κ2) is 5.41. The molecule has 100 valence electrons. The van der Waals surface area contributed by atoms with Crippen LogP contribution in [0.5, 0.6) is 11.6 Å². The van der Waals surface area contributed by atoms with Crippen molar-refractivity contribution in [3.8, 4) is 11.6 Å². The Morgan fingerprint density at radius 1 is 1.11 bits per heavy atom. The average molecular weight is 257 g/mol. The van der Waals surface area contributed by atoms with Gasteiger partial charge in [-0.05, 0) is 29.2 Å². The van der Waals surface area contributed by atoms with Crippen molar-refractivity contribution in [3.05, 3.63) is 53.7 Å². The first-order valence-corrected chi connectivity index (χ1v) is 6.34. The summed E-state index contributed by atoms with van der Waals surface area (Å²) >= 11 is 0. The van der Waals surface area contributed by atoms with E-state index in [1.807, 2.05) is 24.3 Å². The van der Waals surface area contributed by atoms with Crippen LogP contribution in [0.25, 0.3) is 0 Å². The molecule has 3 nitrogen and oxygen atoms in total. The van der Waals surface area contributed by atoms with Crippen molar-refractivity contribution in [1.29, 1.82) is 0 Å². The Balaban J connectivity index is 2.23. The summed E-state index contributed by atoms with van der Waals surface area (Å²) in [6, 6.07) is 13.4. The predicted molar refractivity (Wildman–Crippen MR) is 75.4 cm³/mol. The molecule has 0 aliphatic carbocycles. The lowest BCUT2D eigenvalue weighted by Gasteiger charge is -2.19. The van der Waals surface area contributed by atoms with Crippen LogP contribution in [0.1, 0.15) is 32.0 Å². The number of aliphatic hydroxyl groups is 1. The monoisotopic (exact) mass is 257 g/mol. The molecule has 2 aromatic rings. The zero-order valence-electron chi connectivity index (χ0n) is 11.6. The second-order valence-corrected chi connectivity index (χ2v) is 5.51. The van der Waals surface area contributed by atoms with Gasteiger partial charge in [0.25, 0.3) is 0 Å². The van der Waals surface area contributed by atoms with Gasteiger partial charge in [-0.2, -0.15) is 0 Å². The molecular formula is C16H19NO2. The van der Waals surface area contributed by atoms with Gasteiger partial charge in [0, 0.05) is 6.07 Å². The summed E-state index contributed by atoms with van der Waals surface area (Å²) in [5.74, 6) is 1.26. The van der Waals surface area contributed by atoms with E-state index in [1.54, 1.807) is 12.1 Å². The fourth-order valence-electron chi connectivity index (χ4n) is 1.75. The van der Waals surface area contributed by atoms with Gasteiger partial charge >= 0.3 is 0 Å². The quantitative estimate of drug-likeness (QED) is 0.912. The molecule has 0 amide bonds. The van der Waals surface area contributed by atoms with Crippen LogP contribution in [0.3, 0.4) is 0 Å². The minimum absolute atomic E-state index is 0.0831. The van der Waals surface area contributed by atoms with Crippen molar-refractivity contribution in [2.75, 3.05) is 0 Å². The standard InChI is InChI=1S/C16H19NO2/c1-16(2,3)12-6-4-8-14(10-12)19-15-9-5-7-13(11-18)17-15/h4-10,18H,11H2,1-3H3. The molecule has 0 bridgehead atoms. The lowest BCUT2D eigenvalue weighted by molar-refractivity contribution is 0.275. The maximum absolute atomic E-state index is 9.06. The number of ether oxygens (including phenoxy) is 1. The maximum Gasteiger partial charge on any atom is 0.219 e. The third-order valence-corrected chi connectivity index (χ3v) is 2.87. The van der Waals surface area contributed by atoms with Crippen LogP contribution in [0.4, 0.5) is 0 Å². The summed E-state index contributed by atoms with van der Waals surface area (Å²) in [5, 5.41) is 9.06. The molecule has 1 aromatic heterocycles. The highest BCUT2D eigenvalue weighted by molar-refractivity contribution is 5.35. The first-order valence-electron chi connectivity index (χ1n) is 6.34. The van der Waals surface area contributed by atoms with E-state index in [9.17, 15) is 0 Å². The van der Waals surface area contributed by atoms with Gasteiger partial charge < -0.3 is 9.84 Å². The van der Waals surface area contributed by atoms with E-state index in [-0.39, 0.29) is 12.0 Å². The molecule has 3 heteroatoms. The fourth-order valence-corrected chi connectivity index (χ4v) is 1.75. The van der Waals surface area contributed by atoms with Gasteiger partial charge in [-0.25, -0.2) is 4.98 Å². The van der Waals surface area contributed by atoms with Gasteiger partial charge in [-0.15, -0.1) is 0 Å². The van der Waals surface area contributed by atoms with E-state index in [0.717, 1.165) is 5.75 Å². The van der Waals surface area contributed by atoms with E-state index in [4.69, 9.17) is 9.84 Å². The number of nitrogens with zero attached hydrogens (tertiary/aromatic N) is 1. The number of hydrogen-bond donors (Lipinski definition) is 1. The summed E-state index contributed by atoms with van der Waals surface area (Å²) in [6.45, 7) is 6.41. The van der Waals surface area contributed by atoms with Crippen molar-refractivity contribution in [3.63, 3.8) is 0 Å². The number of pyridine rings is 1. The molecule has 1 N–H and O–H groups in total. The van der Waals surface area contributed by atoms with Crippen LogP contribution in [0.2, 0.25) is 0 Å². The number of hydrogen-bond acceptors (Lipinski definition) is 3. The highest BCUT2D eigenvalue weighted by Crippen LogP contribution is 2.27. The Bertz CT molecular complexity index is 559. The SMILES string of the molecule is CC(C)(C)c1cccc(Oc2cccc(CO)n2)c1. The third-order valence-electron chi connectivity index (χ3n) is 2.87. The molecule has 0 saturated carbocycles. The maximum atomic E-state index is 9.06. The van der Waals surface area contributed by atoms with Crippen LogP contribution >= 0.6 is 0 Å². The van der Waals surface area contributed by atoms with Crippen molar-refractivity contribution in [1.82, 2.24) is 4.98 Å². The molecule has 0 saturated heterocycles. The lowest BCUT2D eigenvalue weighted by atomic mass is 9.87. The molecule has 2 rings (SSSR count). The van der Waals surface area contributed by atoms with Crippen LogP contribution in [0.15, 0.2) is 42.5 Å². The number of aromatic nitrogens is 1. The average Bonchev–Trinajstić information content (AvgIpc) is 2.38. The zero-order chi connectivity index (χ0) is 13.9. The number of aliphatic hydroxyl groups excluding tert-OH is 1. The Kier molecular flexibility index (Phi) is 3.86. The molecular weight excluding hydrogens is 238 g/mol. The van der Waals surface area contributed by atoms with E-state index >= 15 is 0 Å². The van der Waals surface area contributed by atoms with Crippen LogP contribution in [0, 0.1) is 0 Å². The topological polar surface area (TPSA) is 42.4 Å². The predicted octanol–water partition coefficient (Wildman–Crippen LogP) is 3.66. The minimum atomic E-state index is -0.0841. The molecule has 0 radical (unpaired) electrons. The Morgan fingerprint density at radius 3 is 2.53 bits per heavy atom. The van der Waals surface area contributed by atoms with Gasteiger partial charge in [0.1, 0.15) is 5.75 Å². The van der Waals surface area contributed by atoms with Gasteiger partial charge in [-0.3, -0.25) is 0 Å². The first-order chi connectivity index (χ1) is 8.99. The normalized spacial score (nSPS) is 11.4. The van der Waals surface area contributed by atoms with Gasteiger partial charge in [0.2, 0.25) is 5.88 Å². The number of benzene rings is 1. The van der Waals surface area contributed by atoms with E-state index < -0.39 is 0 Å². The second-order valence-electron chi connectivity index (χ2n) is 5.51. The summed E-state index contributed by atoms with van der Waals surface area (Å²) in [5.41, 5.74) is 1.90. The molecule has 1 heterocycles. The van der Waals surface area contributed by atoms with Gasteiger partial charge in [0.15, 0.2) is 0 Å². The Hall–Kier alpha value is -1.87. The van der Waals surface area contributed by atoms with Crippen LogP contribution in [-0.2, 0) is 12.0 Å². The lowest BCUT2D eigenvalue weighted by Crippen LogP contribution is -2.10. The molecule has 0 unspecified atom stereocenters. The highest BCUT2D eigenvalue weighted by Gasteiger charge is 2.14. The highest BCUT2D eigenvalue weighted by atomic mass is 16.5. The third kappa shape index (κ3) is 3.55. The smallest absolute Gasteiger partial charge is 0.219 e. The van der Waals surface area contributed by atoms with Gasteiger partial charge in [-0.1, -0.05) is 39.0 Å². The van der Waals surface area contributed by atoms with E-state index in [0.29, 0.717) is 11.6 Å². The van der Waals surface area contributed by atoms with Crippen molar-refractivity contribution < 1.29 is 9.84 Å². The molecule has 0 aliphatic heterocycles. The van der Waals surface area contributed by atoms with Gasteiger partial charge in [0.05, 0.1) is 12.3 Å². The molecule has 19 heavy (non-hydrogen) atoms. The molecule has 0 spiro atoms. The largest absolute Gasteiger partial charge is 0.439 e. The summed E-state index contributed by atoms with van der Waals surface area (Å²) in [6.07, 6.45) is 0. The van der Waals surface area contributed by atoms with Crippen LogP contribution < -0.4 is 4.74 Å². The van der Waals surface area contributed by atoms with E-state index in [1.165, 1.54) is 5.56 Å². The molecule has 1 aromatic carbocycles. The summed E-state index contributed by atoms with van der Waals surface area (Å²) < 4.78 is 5.73. The Labute approximate surface area is 113 Å². The summed E-state index contributed by atoms with van der Waals surface area (Å²) in [7, 11) is 0. The molecule has 0 fully saturated rings. The van der Waals surface area contributed by atoms with Crippen molar-refractivity contribution in [2.45, 2.75) is 32.8 Å². The molecule has 0 atom stereocenters. The Morgan fingerprint density at radius 2 is 1.84 bits per heavy atom. The zero-order valence-corrected chi connectivity index (χ0v) is 11.6. The fraction of sp³-hybridized carbons (Fsp3) is 0.312. The molecule has 0 aliphatic rings. The minimum Gasteiger partial charge on any atom is -0.439 e. The first kappa shape index (κ1) is 13.6. The van der Waals surface area contributed by atoms with Crippen LogP contribution in [-0.4, -0.2) is 10.1 Å².